The van der Waals surface area contributed by atoms with Crippen molar-refractivity contribution in [2.24, 2.45) is 5.92 Å². The molecular formula is C26H33N3O3. The number of imidazole rings is 1. The SMILES string of the molecule is CCOc1ccc(Cc2nc3cc(OC(=O)N4CCCC4)ccc3n2CCC(C)C)cc1. The Bertz CT molecular complexity index is 1050. The van der Waals surface area contributed by atoms with Crippen molar-refractivity contribution >= 4 is 17.1 Å². The van der Waals surface area contributed by atoms with Crippen molar-refractivity contribution in [3.63, 3.8) is 0 Å². The van der Waals surface area contributed by atoms with E-state index in [9.17, 15) is 4.79 Å². The lowest BCUT2D eigenvalue weighted by atomic mass is 10.1. The van der Waals surface area contributed by atoms with Gasteiger partial charge >= 0.3 is 6.09 Å². The minimum atomic E-state index is -0.268. The van der Waals surface area contributed by atoms with Gasteiger partial charge in [-0.25, -0.2) is 9.78 Å². The van der Waals surface area contributed by atoms with Gasteiger partial charge in [0, 0.05) is 32.1 Å². The lowest BCUT2D eigenvalue weighted by molar-refractivity contribution is 0.163. The standard InChI is InChI=1S/C26H33N3O3/c1-4-31-21-9-7-20(8-10-21)17-25-27-23-18-22(32-26(30)28-14-5-6-15-28)11-12-24(23)29(25)16-13-19(2)3/h7-12,18-19H,4-6,13-17H2,1-3H3. The molecule has 1 aliphatic rings. The fourth-order valence-corrected chi connectivity index (χ4v) is 4.11. The van der Waals surface area contributed by atoms with Crippen molar-refractivity contribution in [3.8, 4) is 11.5 Å². The van der Waals surface area contributed by atoms with E-state index < -0.39 is 0 Å². The Hall–Kier alpha value is -3.02. The van der Waals surface area contributed by atoms with Crippen molar-refractivity contribution in [3.05, 3.63) is 53.9 Å². The van der Waals surface area contributed by atoms with E-state index in [1.165, 1.54) is 5.56 Å². The summed E-state index contributed by atoms with van der Waals surface area (Å²) in [5, 5.41) is 0. The number of aryl methyl sites for hydroxylation is 1. The maximum atomic E-state index is 12.4. The molecule has 0 N–H and O–H groups in total. The molecule has 0 spiro atoms. The number of carbonyl (C=O) groups is 1. The van der Waals surface area contributed by atoms with E-state index >= 15 is 0 Å². The Kier molecular flexibility index (Phi) is 6.98. The maximum Gasteiger partial charge on any atom is 0.415 e. The van der Waals surface area contributed by atoms with Crippen LogP contribution < -0.4 is 9.47 Å². The van der Waals surface area contributed by atoms with Crippen molar-refractivity contribution in [2.75, 3.05) is 19.7 Å². The van der Waals surface area contributed by atoms with Gasteiger partial charge in [0.1, 0.15) is 17.3 Å². The summed E-state index contributed by atoms with van der Waals surface area (Å²) in [6.07, 6.45) is 3.64. The number of carbonyl (C=O) groups excluding carboxylic acids is 1. The van der Waals surface area contributed by atoms with Crippen LogP contribution in [0.15, 0.2) is 42.5 Å². The first-order chi connectivity index (χ1) is 15.5. The van der Waals surface area contributed by atoms with Crippen LogP contribution in [-0.2, 0) is 13.0 Å². The summed E-state index contributed by atoms with van der Waals surface area (Å²) >= 11 is 0. The molecule has 1 saturated heterocycles. The third kappa shape index (κ3) is 5.23. The fourth-order valence-electron chi connectivity index (χ4n) is 4.11. The molecule has 1 aliphatic heterocycles. The minimum Gasteiger partial charge on any atom is -0.494 e. The summed E-state index contributed by atoms with van der Waals surface area (Å²) < 4.78 is 13.5. The summed E-state index contributed by atoms with van der Waals surface area (Å²) in [4.78, 5) is 19.1. The minimum absolute atomic E-state index is 0.268. The van der Waals surface area contributed by atoms with Crippen LogP contribution in [0.4, 0.5) is 4.79 Å². The van der Waals surface area contributed by atoms with Crippen LogP contribution in [0.1, 0.15) is 51.4 Å². The molecule has 1 fully saturated rings. The van der Waals surface area contributed by atoms with Crippen LogP contribution in [-0.4, -0.2) is 40.2 Å². The van der Waals surface area contributed by atoms with Crippen LogP contribution >= 0.6 is 0 Å². The van der Waals surface area contributed by atoms with Gasteiger partial charge in [0.25, 0.3) is 0 Å². The van der Waals surface area contributed by atoms with Gasteiger partial charge in [-0.05, 0) is 61.9 Å². The lowest BCUT2D eigenvalue weighted by Gasteiger charge is -2.15. The van der Waals surface area contributed by atoms with Gasteiger partial charge in [0.2, 0.25) is 0 Å². The third-order valence-corrected chi connectivity index (χ3v) is 5.89. The van der Waals surface area contributed by atoms with Crippen LogP contribution in [0.5, 0.6) is 11.5 Å². The third-order valence-electron chi connectivity index (χ3n) is 5.89. The highest BCUT2D eigenvalue weighted by atomic mass is 16.6. The van der Waals surface area contributed by atoms with E-state index in [2.05, 4.69) is 30.5 Å². The number of ether oxygens (including phenoxy) is 2. The number of hydrogen-bond donors (Lipinski definition) is 0. The van der Waals surface area contributed by atoms with Gasteiger partial charge in [-0.3, -0.25) is 0 Å². The number of hydrogen-bond acceptors (Lipinski definition) is 4. The number of rotatable bonds is 8. The number of amides is 1. The van der Waals surface area contributed by atoms with Gasteiger partial charge in [-0.1, -0.05) is 26.0 Å². The van der Waals surface area contributed by atoms with Crippen LogP contribution in [0.25, 0.3) is 11.0 Å². The van der Waals surface area contributed by atoms with E-state index in [1.807, 2.05) is 37.3 Å². The summed E-state index contributed by atoms with van der Waals surface area (Å²) in [7, 11) is 0. The summed E-state index contributed by atoms with van der Waals surface area (Å²) in [5.74, 6) is 3.06. The van der Waals surface area contributed by atoms with Gasteiger partial charge in [0.15, 0.2) is 0 Å². The molecule has 4 rings (SSSR count). The zero-order valence-electron chi connectivity index (χ0n) is 19.3. The zero-order chi connectivity index (χ0) is 22.5. The summed E-state index contributed by atoms with van der Waals surface area (Å²) in [5.41, 5.74) is 3.13. The Morgan fingerprint density at radius 3 is 2.47 bits per heavy atom. The topological polar surface area (TPSA) is 56.6 Å². The Labute approximate surface area is 190 Å². The van der Waals surface area contributed by atoms with Crippen LogP contribution in [0, 0.1) is 5.92 Å². The molecule has 0 atom stereocenters. The number of aromatic nitrogens is 2. The molecule has 2 aromatic carbocycles. The quantitative estimate of drug-likeness (QED) is 0.458. The highest BCUT2D eigenvalue weighted by molar-refractivity contribution is 5.79. The fraction of sp³-hybridized carbons (Fsp3) is 0.462. The molecule has 0 saturated carbocycles. The summed E-state index contributed by atoms with van der Waals surface area (Å²) in [6.45, 7) is 9.58. The van der Waals surface area contributed by atoms with E-state index in [0.29, 0.717) is 18.3 Å². The highest BCUT2D eigenvalue weighted by Crippen LogP contribution is 2.26. The van der Waals surface area contributed by atoms with Gasteiger partial charge in [0.05, 0.1) is 17.6 Å². The summed E-state index contributed by atoms with van der Waals surface area (Å²) in [6, 6.07) is 14.0. The smallest absolute Gasteiger partial charge is 0.415 e. The van der Waals surface area contributed by atoms with Crippen molar-refractivity contribution in [1.29, 1.82) is 0 Å². The Morgan fingerprint density at radius 2 is 1.78 bits per heavy atom. The first kappa shape index (κ1) is 22.2. The largest absolute Gasteiger partial charge is 0.494 e. The van der Waals surface area contributed by atoms with E-state index in [0.717, 1.165) is 67.9 Å². The van der Waals surface area contributed by atoms with Crippen LogP contribution in [0.3, 0.4) is 0 Å². The molecule has 0 bridgehead atoms. The van der Waals surface area contributed by atoms with Gasteiger partial charge in [-0.2, -0.15) is 0 Å². The lowest BCUT2D eigenvalue weighted by Crippen LogP contribution is -2.30. The molecule has 0 aliphatic carbocycles. The first-order valence-corrected chi connectivity index (χ1v) is 11.7. The van der Waals surface area contributed by atoms with Crippen molar-refractivity contribution < 1.29 is 14.3 Å². The monoisotopic (exact) mass is 435 g/mol. The molecule has 6 heteroatoms. The number of fused-ring (bicyclic) bond motifs is 1. The zero-order valence-corrected chi connectivity index (χ0v) is 19.3. The Balaban J connectivity index is 1.59. The molecule has 1 aromatic heterocycles. The molecule has 170 valence electrons. The molecular weight excluding hydrogens is 402 g/mol. The molecule has 32 heavy (non-hydrogen) atoms. The number of benzene rings is 2. The molecule has 6 nitrogen and oxygen atoms in total. The van der Waals surface area contributed by atoms with Crippen molar-refractivity contribution in [1.82, 2.24) is 14.5 Å². The predicted octanol–water partition coefficient (Wildman–Crippen LogP) is 5.67. The second kappa shape index (κ2) is 10.1. The molecule has 2 heterocycles. The highest BCUT2D eigenvalue weighted by Gasteiger charge is 2.20. The van der Waals surface area contributed by atoms with Crippen molar-refractivity contribution in [2.45, 2.75) is 53.0 Å². The van der Waals surface area contributed by atoms with Crippen LogP contribution in [0.2, 0.25) is 0 Å². The number of likely N-dealkylation sites (tertiary alicyclic amines) is 1. The van der Waals surface area contributed by atoms with E-state index in [1.54, 1.807) is 4.90 Å². The molecule has 0 unspecified atom stereocenters. The van der Waals surface area contributed by atoms with E-state index in [4.69, 9.17) is 14.5 Å². The molecule has 3 aromatic rings. The second-order valence-corrected chi connectivity index (χ2v) is 8.83. The average molecular weight is 436 g/mol. The predicted molar refractivity (Wildman–Crippen MR) is 126 cm³/mol. The Morgan fingerprint density at radius 1 is 1.06 bits per heavy atom. The van der Waals surface area contributed by atoms with Gasteiger partial charge in [-0.15, -0.1) is 0 Å². The normalized spacial score (nSPS) is 13.8. The van der Waals surface area contributed by atoms with Gasteiger partial charge < -0.3 is 18.9 Å². The average Bonchev–Trinajstić information content (AvgIpc) is 3.42. The first-order valence-electron chi connectivity index (χ1n) is 11.7. The van der Waals surface area contributed by atoms with E-state index in [-0.39, 0.29) is 6.09 Å². The molecule has 1 amide bonds. The number of nitrogens with zero attached hydrogens (tertiary/aromatic N) is 3. The second-order valence-electron chi connectivity index (χ2n) is 8.83. The maximum absolute atomic E-state index is 12.4. The molecule has 0 radical (unpaired) electrons.